The van der Waals surface area contributed by atoms with Gasteiger partial charge < -0.3 is 5.32 Å². The van der Waals surface area contributed by atoms with Gasteiger partial charge in [-0.05, 0) is 42.8 Å². The highest BCUT2D eigenvalue weighted by Gasteiger charge is 2.29. The van der Waals surface area contributed by atoms with Gasteiger partial charge >= 0.3 is 6.18 Å². The number of nitrogens with zero attached hydrogens (tertiary/aromatic N) is 3. The van der Waals surface area contributed by atoms with E-state index in [4.69, 9.17) is 0 Å². The van der Waals surface area contributed by atoms with Crippen LogP contribution >= 0.6 is 15.9 Å². The lowest BCUT2D eigenvalue weighted by Gasteiger charge is -2.08. The van der Waals surface area contributed by atoms with Crippen molar-refractivity contribution in [3.8, 4) is 5.69 Å². The molecule has 1 heterocycles. The minimum Gasteiger partial charge on any atom is -0.347 e. The predicted octanol–water partition coefficient (Wildman–Crippen LogP) is 4.29. The van der Waals surface area contributed by atoms with E-state index < -0.39 is 17.6 Å². The van der Waals surface area contributed by atoms with Crippen molar-refractivity contribution in [2.45, 2.75) is 19.6 Å². The summed E-state index contributed by atoms with van der Waals surface area (Å²) in [4.78, 5) is 12.4. The second-order valence-electron chi connectivity index (χ2n) is 5.79. The topological polar surface area (TPSA) is 59.8 Å². The Labute approximate surface area is 161 Å². The highest BCUT2D eigenvalue weighted by molar-refractivity contribution is 9.10. The first kappa shape index (κ1) is 19.1. The number of carbonyl (C=O) groups is 1. The molecular formula is C18H14BrF3N4O. The first-order chi connectivity index (χ1) is 12.8. The Morgan fingerprint density at radius 1 is 1.19 bits per heavy atom. The molecule has 0 radical (unpaired) electrons. The minimum atomic E-state index is -4.39. The third-order valence-electron chi connectivity index (χ3n) is 3.90. The highest BCUT2D eigenvalue weighted by atomic mass is 79.9. The number of alkyl halides is 3. The summed E-state index contributed by atoms with van der Waals surface area (Å²) in [6.45, 7) is 1.80. The molecule has 0 aliphatic rings. The van der Waals surface area contributed by atoms with Crippen LogP contribution in [0.25, 0.3) is 5.69 Å². The first-order valence-corrected chi connectivity index (χ1v) is 8.67. The second-order valence-corrected chi connectivity index (χ2v) is 6.71. The van der Waals surface area contributed by atoms with Crippen molar-refractivity contribution in [1.82, 2.24) is 20.3 Å². The van der Waals surface area contributed by atoms with Crippen LogP contribution in [0.1, 0.15) is 27.3 Å². The van der Waals surface area contributed by atoms with E-state index >= 15 is 0 Å². The first-order valence-electron chi connectivity index (χ1n) is 7.88. The molecule has 1 aromatic heterocycles. The Kier molecular flexibility index (Phi) is 5.31. The molecule has 27 heavy (non-hydrogen) atoms. The number of hydrogen-bond donors (Lipinski definition) is 1. The molecule has 0 unspecified atom stereocenters. The number of halogens is 4. The Bertz CT molecular complexity index is 967. The molecule has 0 spiro atoms. The average Bonchev–Trinajstić information content (AvgIpc) is 3.01. The summed E-state index contributed by atoms with van der Waals surface area (Å²) in [5.74, 6) is -0.450. The van der Waals surface area contributed by atoms with Crippen LogP contribution in [-0.2, 0) is 12.7 Å². The molecule has 140 valence electrons. The van der Waals surface area contributed by atoms with Crippen molar-refractivity contribution in [3.05, 3.63) is 75.5 Å². The molecular weight excluding hydrogens is 425 g/mol. The molecule has 0 aliphatic carbocycles. The van der Waals surface area contributed by atoms with E-state index in [0.717, 1.165) is 22.3 Å². The lowest BCUT2D eigenvalue weighted by molar-refractivity contribution is -0.137. The van der Waals surface area contributed by atoms with Crippen LogP contribution in [0.15, 0.2) is 53.0 Å². The monoisotopic (exact) mass is 438 g/mol. The summed E-state index contributed by atoms with van der Waals surface area (Å²) in [5, 5.41) is 10.6. The van der Waals surface area contributed by atoms with Crippen LogP contribution in [0.5, 0.6) is 0 Å². The van der Waals surface area contributed by atoms with Gasteiger partial charge in [0.2, 0.25) is 0 Å². The molecule has 3 aromatic rings. The Morgan fingerprint density at radius 2 is 1.89 bits per heavy atom. The molecule has 5 nitrogen and oxygen atoms in total. The third kappa shape index (κ3) is 4.36. The zero-order valence-corrected chi connectivity index (χ0v) is 15.7. The van der Waals surface area contributed by atoms with Crippen LogP contribution < -0.4 is 5.32 Å². The molecule has 0 atom stereocenters. The van der Waals surface area contributed by atoms with Gasteiger partial charge in [0, 0.05) is 11.0 Å². The molecule has 9 heteroatoms. The van der Waals surface area contributed by atoms with Crippen molar-refractivity contribution in [2.75, 3.05) is 0 Å². The molecule has 0 bridgehead atoms. The SMILES string of the molecule is Cc1c(C(=O)NCc2ccc(C(F)(F)F)cc2)nnn1-c1cccc(Br)c1. The molecule has 0 saturated carbocycles. The van der Waals surface area contributed by atoms with Crippen molar-refractivity contribution in [1.29, 1.82) is 0 Å². The maximum atomic E-state index is 12.6. The summed E-state index contributed by atoms with van der Waals surface area (Å²) in [6.07, 6.45) is -4.39. The van der Waals surface area contributed by atoms with Crippen LogP contribution in [0.2, 0.25) is 0 Å². The van der Waals surface area contributed by atoms with Crippen molar-refractivity contribution in [2.24, 2.45) is 0 Å². The van der Waals surface area contributed by atoms with Crippen LogP contribution in [0.3, 0.4) is 0 Å². The van der Waals surface area contributed by atoms with Crippen molar-refractivity contribution in [3.63, 3.8) is 0 Å². The molecule has 0 fully saturated rings. The van der Waals surface area contributed by atoms with Gasteiger partial charge in [-0.1, -0.05) is 39.3 Å². The summed E-state index contributed by atoms with van der Waals surface area (Å²) < 4.78 is 40.1. The number of aromatic nitrogens is 3. The zero-order chi connectivity index (χ0) is 19.6. The molecule has 1 amide bonds. The zero-order valence-electron chi connectivity index (χ0n) is 14.1. The quantitative estimate of drug-likeness (QED) is 0.660. The van der Waals surface area contributed by atoms with E-state index in [9.17, 15) is 18.0 Å². The van der Waals surface area contributed by atoms with Gasteiger partial charge in [0.25, 0.3) is 5.91 Å². The van der Waals surface area contributed by atoms with E-state index in [1.165, 1.54) is 16.8 Å². The second kappa shape index (κ2) is 7.51. The largest absolute Gasteiger partial charge is 0.416 e. The Balaban J connectivity index is 1.70. The summed E-state index contributed by atoms with van der Waals surface area (Å²) in [6, 6.07) is 12.0. The number of benzene rings is 2. The number of amides is 1. The average molecular weight is 439 g/mol. The van der Waals surface area contributed by atoms with E-state index in [1.54, 1.807) is 6.92 Å². The van der Waals surface area contributed by atoms with Crippen molar-refractivity contribution < 1.29 is 18.0 Å². The fourth-order valence-electron chi connectivity index (χ4n) is 2.47. The summed E-state index contributed by atoms with van der Waals surface area (Å²) in [7, 11) is 0. The smallest absolute Gasteiger partial charge is 0.347 e. The number of hydrogen-bond acceptors (Lipinski definition) is 3. The number of carbonyl (C=O) groups excluding carboxylic acids is 1. The predicted molar refractivity (Wildman–Crippen MR) is 96.4 cm³/mol. The lowest BCUT2D eigenvalue weighted by atomic mass is 10.1. The van der Waals surface area contributed by atoms with Gasteiger partial charge in [0.15, 0.2) is 5.69 Å². The fourth-order valence-corrected chi connectivity index (χ4v) is 2.86. The van der Waals surface area contributed by atoms with E-state index in [2.05, 4.69) is 31.6 Å². The van der Waals surface area contributed by atoms with E-state index in [0.29, 0.717) is 11.3 Å². The maximum absolute atomic E-state index is 12.6. The number of nitrogens with one attached hydrogen (secondary N) is 1. The lowest BCUT2D eigenvalue weighted by Crippen LogP contribution is -2.24. The van der Waals surface area contributed by atoms with Crippen LogP contribution in [-0.4, -0.2) is 20.9 Å². The molecule has 0 saturated heterocycles. The van der Waals surface area contributed by atoms with Gasteiger partial charge in [-0.3, -0.25) is 4.79 Å². The Morgan fingerprint density at radius 3 is 2.52 bits per heavy atom. The highest BCUT2D eigenvalue weighted by Crippen LogP contribution is 2.29. The molecule has 3 rings (SSSR count). The van der Waals surface area contributed by atoms with Crippen LogP contribution in [0.4, 0.5) is 13.2 Å². The minimum absolute atomic E-state index is 0.0835. The fraction of sp³-hybridized carbons (Fsp3) is 0.167. The van der Waals surface area contributed by atoms with Gasteiger partial charge in [-0.25, -0.2) is 4.68 Å². The van der Waals surface area contributed by atoms with Gasteiger partial charge in [0.1, 0.15) is 0 Å². The van der Waals surface area contributed by atoms with Gasteiger partial charge in [-0.15, -0.1) is 5.10 Å². The van der Waals surface area contributed by atoms with E-state index in [-0.39, 0.29) is 12.2 Å². The normalized spacial score (nSPS) is 11.4. The summed E-state index contributed by atoms with van der Waals surface area (Å²) >= 11 is 3.38. The maximum Gasteiger partial charge on any atom is 0.416 e. The Hall–Kier alpha value is -2.68. The molecule has 0 aliphatic heterocycles. The summed E-state index contributed by atoms with van der Waals surface area (Å²) in [5.41, 5.74) is 1.27. The van der Waals surface area contributed by atoms with Crippen molar-refractivity contribution >= 4 is 21.8 Å². The van der Waals surface area contributed by atoms with Crippen LogP contribution in [0, 0.1) is 6.92 Å². The molecule has 1 N–H and O–H groups in total. The van der Waals surface area contributed by atoms with Gasteiger partial charge in [-0.2, -0.15) is 13.2 Å². The standard InChI is InChI=1S/C18H14BrF3N4O/c1-11-16(24-25-26(11)15-4-2-3-14(19)9-15)17(27)23-10-12-5-7-13(8-6-12)18(20,21)22/h2-9H,10H2,1H3,(H,23,27). The number of rotatable bonds is 4. The molecule has 2 aromatic carbocycles. The van der Waals surface area contributed by atoms with Gasteiger partial charge in [0.05, 0.1) is 16.9 Å². The third-order valence-corrected chi connectivity index (χ3v) is 4.39. The van der Waals surface area contributed by atoms with E-state index in [1.807, 2.05) is 24.3 Å².